The Morgan fingerprint density at radius 2 is 1.96 bits per heavy atom. The van der Waals surface area contributed by atoms with E-state index in [-0.39, 0.29) is 11.8 Å². The van der Waals surface area contributed by atoms with Gasteiger partial charge < -0.3 is 15.1 Å². The van der Waals surface area contributed by atoms with Gasteiger partial charge in [-0.15, -0.1) is 0 Å². The maximum atomic E-state index is 12.9. The molecule has 25 heavy (non-hydrogen) atoms. The molecule has 0 aromatic heterocycles. The van der Waals surface area contributed by atoms with Crippen LogP contribution in [0.15, 0.2) is 24.3 Å². The molecule has 0 aliphatic carbocycles. The summed E-state index contributed by atoms with van der Waals surface area (Å²) in [7, 11) is 3.94. The number of piperazine rings is 1. The molecule has 0 atom stereocenters. The minimum absolute atomic E-state index is 0.0535. The van der Waals surface area contributed by atoms with Crippen molar-refractivity contribution < 1.29 is 9.59 Å². The van der Waals surface area contributed by atoms with Crippen LogP contribution in [0.4, 0.5) is 5.69 Å². The molecule has 2 amide bonds. The Hall–Kier alpha value is -2.08. The molecule has 2 aliphatic rings. The zero-order valence-corrected chi connectivity index (χ0v) is 15.4. The Morgan fingerprint density at radius 1 is 1.24 bits per heavy atom. The maximum Gasteiger partial charge on any atom is 0.253 e. The smallest absolute Gasteiger partial charge is 0.253 e. The van der Waals surface area contributed by atoms with Crippen molar-refractivity contribution >= 4 is 17.5 Å². The molecule has 136 valence electrons. The largest absolute Gasteiger partial charge is 0.378 e. The lowest BCUT2D eigenvalue weighted by Gasteiger charge is -2.49. The van der Waals surface area contributed by atoms with E-state index in [0.717, 1.165) is 18.8 Å². The second-order valence-electron chi connectivity index (χ2n) is 7.10. The van der Waals surface area contributed by atoms with Gasteiger partial charge in [-0.05, 0) is 37.6 Å². The minimum Gasteiger partial charge on any atom is -0.378 e. The number of carbonyl (C=O) groups is 2. The van der Waals surface area contributed by atoms with E-state index in [1.807, 2.05) is 48.2 Å². The summed E-state index contributed by atoms with van der Waals surface area (Å²) >= 11 is 0. The van der Waals surface area contributed by atoms with Crippen LogP contribution in [0.2, 0.25) is 0 Å². The van der Waals surface area contributed by atoms with E-state index in [2.05, 4.69) is 17.1 Å². The van der Waals surface area contributed by atoms with Crippen molar-refractivity contribution in [3.05, 3.63) is 29.8 Å². The average Bonchev–Trinajstić information content (AvgIpc) is 2.64. The zero-order valence-electron chi connectivity index (χ0n) is 15.4. The summed E-state index contributed by atoms with van der Waals surface area (Å²) < 4.78 is 0. The zero-order chi connectivity index (χ0) is 18.0. The first-order valence-electron chi connectivity index (χ1n) is 9.08. The molecule has 2 fully saturated rings. The van der Waals surface area contributed by atoms with Crippen LogP contribution in [0.5, 0.6) is 0 Å². The van der Waals surface area contributed by atoms with Gasteiger partial charge in [-0.2, -0.15) is 0 Å². The van der Waals surface area contributed by atoms with Crippen molar-refractivity contribution in [2.45, 2.75) is 25.3 Å². The van der Waals surface area contributed by atoms with Gasteiger partial charge in [-0.3, -0.25) is 14.5 Å². The minimum atomic E-state index is -0.435. The van der Waals surface area contributed by atoms with Crippen molar-refractivity contribution in [2.24, 2.45) is 0 Å². The van der Waals surface area contributed by atoms with Gasteiger partial charge in [0.2, 0.25) is 5.91 Å². The average molecular weight is 344 g/mol. The normalized spacial score (nSPS) is 20.4. The molecule has 0 unspecified atom stereocenters. The second kappa shape index (κ2) is 7.04. The first-order valence-corrected chi connectivity index (χ1v) is 9.08. The van der Waals surface area contributed by atoms with E-state index < -0.39 is 5.54 Å². The van der Waals surface area contributed by atoms with Crippen molar-refractivity contribution in [3.63, 3.8) is 0 Å². The molecule has 6 heteroatoms. The van der Waals surface area contributed by atoms with E-state index >= 15 is 0 Å². The Balaban J connectivity index is 1.72. The van der Waals surface area contributed by atoms with Gasteiger partial charge in [-0.1, -0.05) is 13.0 Å². The van der Waals surface area contributed by atoms with E-state index in [0.29, 0.717) is 38.0 Å². The highest BCUT2D eigenvalue weighted by atomic mass is 16.2. The van der Waals surface area contributed by atoms with Gasteiger partial charge in [0.25, 0.3) is 5.91 Å². The monoisotopic (exact) mass is 344 g/mol. The summed E-state index contributed by atoms with van der Waals surface area (Å²) in [6.07, 6.45) is 1.40. The summed E-state index contributed by atoms with van der Waals surface area (Å²) in [6, 6.07) is 7.71. The van der Waals surface area contributed by atoms with E-state index in [1.165, 1.54) is 0 Å². The predicted molar refractivity (Wildman–Crippen MR) is 98.9 cm³/mol. The molecular formula is C19H28N4O2. The van der Waals surface area contributed by atoms with Crippen molar-refractivity contribution in [1.29, 1.82) is 0 Å². The second-order valence-corrected chi connectivity index (χ2v) is 7.10. The fourth-order valence-corrected chi connectivity index (χ4v) is 4.01. The highest BCUT2D eigenvalue weighted by Gasteiger charge is 2.47. The third-order valence-corrected chi connectivity index (χ3v) is 5.56. The molecule has 0 saturated carbocycles. The van der Waals surface area contributed by atoms with Crippen LogP contribution in [0.3, 0.4) is 0 Å². The van der Waals surface area contributed by atoms with Crippen molar-refractivity contribution in [2.75, 3.05) is 51.7 Å². The maximum absolute atomic E-state index is 12.9. The first-order chi connectivity index (χ1) is 12.0. The number of carbonyl (C=O) groups excluding carboxylic acids is 2. The number of benzene rings is 1. The third kappa shape index (κ3) is 3.23. The van der Waals surface area contributed by atoms with Gasteiger partial charge in [0, 0.05) is 51.5 Å². The van der Waals surface area contributed by atoms with Gasteiger partial charge >= 0.3 is 0 Å². The van der Waals surface area contributed by atoms with Crippen LogP contribution >= 0.6 is 0 Å². The molecule has 2 heterocycles. The quantitative estimate of drug-likeness (QED) is 0.895. The molecule has 1 N–H and O–H groups in total. The standard InChI is InChI=1S/C19H28N4O2/c1-4-23-13-10-20-18(25)19(23)8-11-22(12-9-19)17(24)15-6-5-7-16(14-15)21(2)3/h5-7,14H,4,8-13H2,1-3H3,(H,20,25). The van der Waals surface area contributed by atoms with Crippen LogP contribution < -0.4 is 10.2 Å². The van der Waals surface area contributed by atoms with Gasteiger partial charge in [-0.25, -0.2) is 0 Å². The van der Waals surface area contributed by atoms with Crippen LogP contribution in [0.25, 0.3) is 0 Å². The van der Waals surface area contributed by atoms with Crippen LogP contribution in [0, 0.1) is 0 Å². The molecule has 1 spiro atoms. The number of piperidine rings is 1. The Kier molecular flexibility index (Phi) is 4.99. The van der Waals surface area contributed by atoms with E-state index in [4.69, 9.17) is 0 Å². The van der Waals surface area contributed by atoms with Crippen molar-refractivity contribution in [1.82, 2.24) is 15.1 Å². The lowest BCUT2D eigenvalue weighted by molar-refractivity contribution is -0.140. The molecule has 0 radical (unpaired) electrons. The number of nitrogens with one attached hydrogen (secondary N) is 1. The Morgan fingerprint density at radius 3 is 2.60 bits per heavy atom. The number of nitrogens with zero attached hydrogens (tertiary/aromatic N) is 3. The lowest BCUT2D eigenvalue weighted by Crippen LogP contribution is -2.68. The Bertz CT molecular complexity index is 651. The van der Waals surface area contributed by atoms with E-state index in [9.17, 15) is 9.59 Å². The highest BCUT2D eigenvalue weighted by Crippen LogP contribution is 2.31. The predicted octanol–water partition coefficient (Wildman–Crippen LogP) is 1.18. The number of likely N-dealkylation sites (tertiary alicyclic amines) is 1. The Labute approximate surface area is 149 Å². The fourth-order valence-electron chi connectivity index (χ4n) is 4.01. The summed E-state index contributed by atoms with van der Waals surface area (Å²) in [5.41, 5.74) is 1.29. The summed E-state index contributed by atoms with van der Waals surface area (Å²) in [5, 5.41) is 3.01. The number of hydrogen-bond donors (Lipinski definition) is 1. The summed E-state index contributed by atoms with van der Waals surface area (Å²) in [6.45, 7) is 5.82. The third-order valence-electron chi connectivity index (χ3n) is 5.56. The van der Waals surface area contributed by atoms with Gasteiger partial charge in [0.1, 0.15) is 5.54 Å². The molecule has 1 aromatic carbocycles. The molecule has 0 bridgehead atoms. The highest BCUT2D eigenvalue weighted by molar-refractivity contribution is 5.95. The number of amides is 2. The van der Waals surface area contributed by atoms with Crippen molar-refractivity contribution in [3.8, 4) is 0 Å². The molecule has 2 saturated heterocycles. The SMILES string of the molecule is CCN1CCNC(=O)C12CCN(C(=O)c1cccc(N(C)C)c1)CC2. The van der Waals surface area contributed by atoms with Crippen LogP contribution in [-0.4, -0.2) is 74.0 Å². The molecule has 3 rings (SSSR count). The first kappa shape index (κ1) is 17.7. The lowest BCUT2D eigenvalue weighted by atomic mass is 9.83. The number of likely N-dealkylation sites (N-methyl/N-ethyl adjacent to an activating group) is 1. The van der Waals surface area contributed by atoms with Crippen LogP contribution in [-0.2, 0) is 4.79 Å². The fraction of sp³-hybridized carbons (Fsp3) is 0.579. The van der Waals surface area contributed by atoms with Crippen LogP contribution in [0.1, 0.15) is 30.1 Å². The van der Waals surface area contributed by atoms with Gasteiger partial charge in [0.05, 0.1) is 0 Å². The number of anilines is 1. The van der Waals surface area contributed by atoms with E-state index in [1.54, 1.807) is 0 Å². The summed E-state index contributed by atoms with van der Waals surface area (Å²) in [4.78, 5) is 31.6. The molecule has 2 aliphatic heterocycles. The molecule has 6 nitrogen and oxygen atoms in total. The summed E-state index contributed by atoms with van der Waals surface area (Å²) in [5.74, 6) is 0.181. The molecule has 1 aromatic rings. The molecular weight excluding hydrogens is 316 g/mol. The number of hydrogen-bond acceptors (Lipinski definition) is 4. The topological polar surface area (TPSA) is 55.9 Å². The number of rotatable bonds is 3. The van der Waals surface area contributed by atoms with Gasteiger partial charge in [0.15, 0.2) is 0 Å².